The fourth-order valence-corrected chi connectivity index (χ4v) is 2.50. The van der Waals surface area contributed by atoms with Crippen molar-refractivity contribution in [1.82, 2.24) is 0 Å². The summed E-state index contributed by atoms with van der Waals surface area (Å²) >= 11 is 1.61. The second-order valence-electron chi connectivity index (χ2n) is 4.52. The van der Waals surface area contributed by atoms with Crippen LogP contribution in [0.1, 0.15) is 13.3 Å². The van der Waals surface area contributed by atoms with E-state index < -0.39 is 6.10 Å². The first-order valence-electron chi connectivity index (χ1n) is 6.90. The number of nitrogens with one attached hydrogen (secondary N) is 1. The van der Waals surface area contributed by atoms with Crippen LogP contribution in [0.4, 0.5) is 5.69 Å². The average Bonchev–Trinajstić information content (AvgIpc) is 2.54. The minimum Gasteiger partial charge on any atom is -0.481 e. The van der Waals surface area contributed by atoms with Crippen LogP contribution in [0.3, 0.4) is 0 Å². The van der Waals surface area contributed by atoms with Gasteiger partial charge in [0.2, 0.25) is 0 Å². The number of carbonyl (C=O) groups excluding carboxylic acids is 1. The van der Waals surface area contributed by atoms with Gasteiger partial charge in [-0.05, 0) is 36.9 Å². The fraction of sp³-hybridized carbons (Fsp3) is 0.235. The number of thioether (sulfide) groups is 1. The van der Waals surface area contributed by atoms with E-state index in [1.165, 1.54) is 0 Å². The lowest BCUT2D eigenvalue weighted by Crippen LogP contribution is -2.32. The number of anilines is 1. The molecule has 0 aromatic heterocycles. The Morgan fingerprint density at radius 1 is 1.14 bits per heavy atom. The highest BCUT2D eigenvalue weighted by Crippen LogP contribution is 2.25. The molecule has 0 saturated heterocycles. The minimum atomic E-state index is -0.498. The smallest absolute Gasteiger partial charge is 0.265 e. The maximum Gasteiger partial charge on any atom is 0.265 e. The van der Waals surface area contributed by atoms with Crippen molar-refractivity contribution in [2.24, 2.45) is 0 Å². The zero-order chi connectivity index (χ0) is 15.1. The number of amides is 1. The Bertz CT molecular complexity index is 586. The molecule has 0 aliphatic rings. The Morgan fingerprint density at radius 3 is 2.48 bits per heavy atom. The Labute approximate surface area is 129 Å². The lowest BCUT2D eigenvalue weighted by molar-refractivity contribution is -0.122. The minimum absolute atomic E-state index is 0.122. The van der Waals surface area contributed by atoms with Crippen molar-refractivity contribution >= 4 is 23.4 Å². The Hall–Kier alpha value is -1.94. The van der Waals surface area contributed by atoms with Crippen LogP contribution in [-0.4, -0.2) is 18.3 Å². The molecule has 0 saturated carbocycles. The van der Waals surface area contributed by atoms with Crippen molar-refractivity contribution in [3.63, 3.8) is 0 Å². The molecule has 4 heteroatoms. The number of para-hydroxylation sites is 2. The average molecular weight is 301 g/mol. The van der Waals surface area contributed by atoms with Crippen LogP contribution in [0, 0.1) is 0 Å². The predicted molar refractivity (Wildman–Crippen MR) is 88.0 cm³/mol. The van der Waals surface area contributed by atoms with Crippen molar-refractivity contribution in [1.29, 1.82) is 0 Å². The molecule has 0 heterocycles. The quantitative estimate of drug-likeness (QED) is 0.812. The highest BCUT2D eigenvalue weighted by Gasteiger charge is 2.19. The van der Waals surface area contributed by atoms with Gasteiger partial charge in [0.1, 0.15) is 5.75 Å². The number of hydrogen-bond acceptors (Lipinski definition) is 3. The lowest BCUT2D eigenvalue weighted by atomic mass is 10.2. The molecule has 21 heavy (non-hydrogen) atoms. The molecule has 0 fully saturated rings. The summed E-state index contributed by atoms with van der Waals surface area (Å²) in [5.41, 5.74) is 0.824. The highest BCUT2D eigenvalue weighted by molar-refractivity contribution is 7.98. The topological polar surface area (TPSA) is 38.3 Å². The van der Waals surface area contributed by atoms with Crippen molar-refractivity contribution in [2.75, 3.05) is 11.6 Å². The van der Waals surface area contributed by atoms with Crippen molar-refractivity contribution in [3.05, 3.63) is 54.6 Å². The molecule has 1 amide bonds. The molecule has 0 bridgehead atoms. The van der Waals surface area contributed by atoms with Crippen molar-refractivity contribution in [3.8, 4) is 5.75 Å². The fourth-order valence-electron chi connectivity index (χ4n) is 1.95. The third-order valence-electron chi connectivity index (χ3n) is 3.05. The Kier molecular flexibility index (Phi) is 5.69. The molecule has 0 radical (unpaired) electrons. The summed E-state index contributed by atoms with van der Waals surface area (Å²) < 4.78 is 5.75. The van der Waals surface area contributed by atoms with Gasteiger partial charge in [0, 0.05) is 4.90 Å². The molecule has 2 aromatic carbocycles. The number of rotatable bonds is 6. The molecule has 1 unspecified atom stereocenters. The molecule has 110 valence electrons. The van der Waals surface area contributed by atoms with Gasteiger partial charge < -0.3 is 10.1 Å². The SMILES string of the molecule is CCC(Oc1ccccc1)C(=O)Nc1ccccc1SC. The first kappa shape index (κ1) is 15.4. The largest absolute Gasteiger partial charge is 0.481 e. The van der Waals surface area contributed by atoms with Gasteiger partial charge in [0.05, 0.1) is 5.69 Å². The van der Waals surface area contributed by atoms with Crippen LogP contribution in [0.25, 0.3) is 0 Å². The van der Waals surface area contributed by atoms with Crippen LogP contribution in [0.5, 0.6) is 5.75 Å². The van der Waals surface area contributed by atoms with Gasteiger partial charge in [-0.1, -0.05) is 37.3 Å². The van der Waals surface area contributed by atoms with Crippen molar-refractivity contribution < 1.29 is 9.53 Å². The van der Waals surface area contributed by atoms with E-state index in [0.717, 1.165) is 10.6 Å². The molecule has 0 aliphatic carbocycles. The number of benzene rings is 2. The summed E-state index contributed by atoms with van der Waals surface area (Å²) in [4.78, 5) is 13.4. The molecular weight excluding hydrogens is 282 g/mol. The van der Waals surface area contributed by atoms with Gasteiger partial charge in [-0.25, -0.2) is 0 Å². The van der Waals surface area contributed by atoms with E-state index in [9.17, 15) is 4.79 Å². The van der Waals surface area contributed by atoms with Gasteiger partial charge in [-0.15, -0.1) is 11.8 Å². The second kappa shape index (κ2) is 7.74. The van der Waals surface area contributed by atoms with E-state index in [-0.39, 0.29) is 5.91 Å². The third kappa shape index (κ3) is 4.26. The molecule has 1 N–H and O–H groups in total. The zero-order valence-corrected chi connectivity index (χ0v) is 13.0. The van der Waals surface area contributed by atoms with Gasteiger partial charge in [0.15, 0.2) is 6.10 Å². The van der Waals surface area contributed by atoms with E-state index in [0.29, 0.717) is 12.2 Å². The van der Waals surface area contributed by atoms with Gasteiger partial charge in [0.25, 0.3) is 5.91 Å². The third-order valence-corrected chi connectivity index (χ3v) is 3.85. The molecule has 0 aliphatic heterocycles. The van der Waals surface area contributed by atoms with Gasteiger partial charge in [-0.3, -0.25) is 4.79 Å². The standard InChI is InChI=1S/C17H19NO2S/c1-3-15(20-13-9-5-4-6-10-13)17(19)18-14-11-7-8-12-16(14)21-2/h4-12,15H,3H2,1-2H3,(H,18,19). The van der Waals surface area contributed by atoms with Crippen LogP contribution < -0.4 is 10.1 Å². The van der Waals surface area contributed by atoms with Crippen LogP contribution >= 0.6 is 11.8 Å². The second-order valence-corrected chi connectivity index (χ2v) is 5.37. The predicted octanol–water partition coefficient (Wildman–Crippen LogP) is 4.20. The molecular formula is C17H19NO2S. The zero-order valence-electron chi connectivity index (χ0n) is 12.2. The molecule has 2 rings (SSSR count). The number of hydrogen-bond donors (Lipinski definition) is 1. The Morgan fingerprint density at radius 2 is 1.81 bits per heavy atom. The van der Waals surface area contributed by atoms with E-state index in [1.54, 1.807) is 11.8 Å². The Balaban J connectivity index is 2.06. The summed E-state index contributed by atoms with van der Waals surface area (Å²) in [5, 5.41) is 2.95. The highest BCUT2D eigenvalue weighted by atomic mass is 32.2. The van der Waals surface area contributed by atoms with Crippen molar-refractivity contribution in [2.45, 2.75) is 24.3 Å². The van der Waals surface area contributed by atoms with E-state index in [4.69, 9.17) is 4.74 Å². The lowest BCUT2D eigenvalue weighted by Gasteiger charge is -2.18. The summed E-state index contributed by atoms with van der Waals surface area (Å²) in [6.07, 6.45) is 2.10. The first-order valence-corrected chi connectivity index (χ1v) is 8.12. The van der Waals surface area contributed by atoms with Gasteiger partial charge in [-0.2, -0.15) is 0 Å². The number of ether oxygens (including phenoxy) is 1. The van der Waals surface area contributed by atoms with Crippen LogP contribution in [0.15, 0.2) is 59.5 Å². The molecule has 0 spiro atoms. The summed E-state index contributed by atoms with van der Waals surface area (Å²) in [6.45, 7) is 1.94. The maximum absolute atomic E-state index is 12.4. The van der Waals surface area contributed by atoms with E-state index in [1.807, 2.05) is 67.8 Å². The van der Waals surface area contributed by atoms with Crippen LogP contribution in [0.2, 0.25) is 0 Å². The van der Waals surface area contributed by atoms with Gasteiger partial charge >= 0.3 is 0 Å². The number of carbonyl (C=O) groups is 1. The monoisotopic (exact) mass is 301 g/mol. The van der Waals surface area contributed by atoms with E-state index in [2.05, 4.69) is 5.32 Å². The summed E-state index contributed by atoms with van der Waals surface area (Å²) in [7, 11) is 0. The van der Waals surface area contributed by atoms with E-state index >= 15 is 0 Å². The normalized spacial score (nSPS) is 11.7. The summed E-state index contributed by atoms with van der Waals surface area (Å²) in [5.74, 6) is 0.584. The summed E-state index contributed by atoms with van der Waals surface area (Å²) in [6, 6.07) is 17.2. The first-order chi connectivity index (χ1) is 10.2. The molecule has 3 nitrogen and oxygen atoms in total. The van der Waals surface area contributed by atoms with Crippen LogP contribution in [-0.2, 0) is 4.79 Å². The molecule has 1 atom stereocenters. The molecule has 2 aromatic rings. The maximum atomic E-state index is 12.4.